The smallest absolute Gasteiger partial charge is 0.410 e. The molecule has 3 aliphatic rings. The molecule has 1 fully saturated rings. The zero-order valence-electron chi connectivity index (χ0n) is 19.4. The Morgan fingerprint density at radius 2 is 1.60 bits per heavy atom. The van der Waals surface area contributed by atoms with Crippen molar-refractivity contribution in [1.29, 1.82) is 0 Å². The number of benzene rings is 3. The fraction of sp³-hybridized carbons (Fsp3) is 0.226. The monoisotopic (exact) mass is 458 g/mol. The van der Waals surface area contributed by atoms with Gasteiger partial charge in [-0.05, 0) is 64.8 Å². The Kier molecular flexibility index (Phi) is 4.73. The van der Waals surface area contributed by atoms with E-state index < -0.39 is 0 Å². The van der Waals surface area contributed by atoms with E-state index in [2.05, 4.69) is 83.9 Å². The van der Waals surface area contributed by atoms with Gasteiger partial charge >= 0.3 is 6.09 Å². The van der Waals surface area contributed by atoms with Crippen LogP contribution in [0.3, 0.4) is 0 Å². The topological polar surface area (TPSA) is 42.4 Å². The summed E-state index contributed by atoms with van der Waals surface area (Å²) >= 11 is 0. The average Bonchev–Trinajstić information content (AvgIpc) is 3.37. The maximum atomic E-state index is 13.4. The molecule has 2 bridgehead atoms. The second-order valence-electron chi connectivity index (χ2n) is 9.78. The maximum absolute atomic E-state index is 13.4. The zero-order valence-corrected chi connectivity index (χ0v) is 19.4. The first-order valence-electron chi connectivity index (χ1n) is 12.5. The second kappa shape index (κ2) is 8.09. The van der Waals surface area contributed by atoms with Crippen molar-refractivity contribution in [2.75, 3.05) is 6.61 Å². The lowest BCUT2D eigenvalue weighted by Gasteiger charge is -2.34. The third-order valence-corrected chi connectivity index (χ3v) is 7.93. The van der Waals surface area contributed by atoms with Crippen molar-refractivity contribution in [3.8, 4) is 11.1 Å². The standard InChI is InChI=1S/C31H26N2O2/c34-31(35-19-29-26-9-3-1-7-24(26)25-8-2-4-10-27(25)29)33-21-14-15-22(33)18-20(17-21)23-11-5-13-30-28(23)12-6-16-32-30/h1-13,16-17,21-22,29H,14-15,18-19H2. The van der Waals surface area contributed by atoms with Crippen LogP contribution in [0.5, 0.6) is 0 Å². The van der Waals surface area contributed by atoms with Crippen LogP contribution in [0.25, 0.3) is 27.6 Å². The number of pyridine rings is 1. The molecule has 0 spiro atoms. The van der Waals surface area contributed by atoms with Crippen LogP contribution in [-0.4, -0.2) is 34.7 Å². The maximum Gasteiger partial charge on any atom is 0.410 e. The number of nitrogens with zero attached hydrogens (tertiary/aromatic N) is 2. The van der Waals surface area contributed by atoms with Crippen molar-refractivity contribution in [3.63, 3.8) is 0 Å². The fourth-order valence-electron chi connectivity index (χ4n) is 6.37. The van der Waals surface area contributed by atoms with E-state index in [4.69, 9.17) is 4.74 Å². The highest BCUT2D eigenvalue weighted by Gasteiger charge is 2.41. The molecule has 2 unspecified atom stereocenters. The van der Waals surface area contributed by atoms with Crippen LogP contribution in [0.1, 0.15) is 41.9 Å². The van der Waals surface area contributed by atoms with Gasteiger partial charge in [-0.25, -0.2) is 4.79 Å². The van der Waals surface area contributed by atoms with Gasteiger partial charge in [-0.1, -0.05) is 72.8 Å². The lowest BCUT2D eigenvalue weighted by atomic mass is 9.92. The molecule has 3 heterocycles. The van der Waals surface area contributed by atoms with Gasteiger partial charge in [0.25, 0.3) is 0 Å². The molecular weight excluding hydrogens is 432 g/mol. The minimum atomic E-state index is -0.186. The summed E-state index contributed by atoms with van der Waals surface area (Å²) < 4.78 is 6.02. The minimum absolute atomic E-state index is 0.0862. The Labute approximate surface area is 204 Å². The SMILES string of the molecule is O=C(OCC1c2ccccc2-c2ccccc21)N1C2C=C(c3cccc4ncccc34)CC1CC2. The Morgan fingerprint density at radius 1 is 0.857 bits per heavy atom. The van der Waals surface area contributed by atoms with Gasteiger partial charge in [0.05, 0.1) is 11.6 Å². The van der Waals surface area contributed by atoms with Crippen LogP contribution in [-0.2, 0) is 4.74 Å². The van der Waals surface area contributed by atoms with Crippen molar-refractivity contribution < 1.29 is 9.53 Å². The molecule has 2 aliphatic heterocycles. The summed E-state index contributed by atoms with van der Waals surface area (Å²) in [5.74, 6) is 0.0862. The summed E-state index contributed by atoms with van der Waals surface area (Å²) in [7, 11) is 0. The molecule has 4 aromatic rings. The van der Waals surface area contributed by atoms with E-state index in [0.717, 1.165) is 24.8 Å². The highest BCUT2D eigenvalue weighted by molar-refractivity contribution is 5.92. The summed E-state index contributed by atoms with van der Waals surface area (Å²) in [6, 6.07) is 27.6. The summed E-state index contributed by atoms with van der Waals surface area (Å²) in [5.41, 5.74) is 8.55. The average molecular weight is 459 g/mol. The lowest BCUT2D eigenvalue weighted by Crippen LogP contribution is -2.43. The fourth-order valence-corrected chi connectivity index (χ4v) is 6.37. The number of carbonyl (C=O) groups is 1. The number of hydrogen-bond acceptors (Lipinski definition) is 3. The van der Waals surface area contributed by atoms with Gasteiger partial charge in [0.15, 0.2) is 0 Å². The highest BCUT2D eigenvalue weighted by Crippen LogP contribution is 2.45. The number of hydrogen-bond donors (Lipinski definition) is 0. The molecule has 4 nitrogen and oxygen atoms in total. The molecule has 0 N–H and O–H groups in total. The molecule has 0 saturated carbocycles. The van der Waals surface area contributed by atoms with Gasteiger partial charge in [-0.2, -0.15) is 0 Å². The number of ether oxygens (including phenoxy) is 1. The molecule has 1 amide bonds. The predicted molar refractivity (Wildman–Crippen MR) is 138 cm³/mol. The molecule has 3 aromatic carbocycles. The zero-order chi connectivity index (χ0) is 23.4. The van der Waals surface area contributed by atoms with E-state index in [1.807, 2.05) is 17.2 Å². The first-order chi connectivity index (χ1) is 17.3. The molecule has 1 saturated heterocycles. The summed E-state index contributed by atoms with van der Waals surface area (Å²) in [5, 5.41) is 1.18. The molecular formula is C31H26N2O2. The Balaban J connectivity index is 1.13. The van der Waals surface area contributed by atoms with E-state index in [9.17, 15) is 4.79 Å². The van der Waals surface area contributed by atoms with Crippen molar-refractivity contribution in [1.82, 2.24) is 9.88 Å². The number of carbonyl (C=O) groups excluding carboxylic acids is 1. The molecule has 172 valence electrons. The molecule has 7 rings (SSSR count). The normalized spacial score (nSPS) is 20.5. The summed E-state index contributed by atoms with van der Waals surface area (Å²) in [6.45, 7) is 0.369. The van der Waals surface area contributed by atoms with Crippen molar-refractivity contribution in [2.45, 2.75) is 37.3 Å². The van der Waals surface area contributed by atoms with Crippen molar-refractivity contribution >= 4 is 22.6 Å². The van der Waals surface area contributed by atoms with E-state index in [1.165, 1.54) is 38.8 Å². The van der Waals surface area contributed by atoms with Crippen LogP contribution in [0.2, 0.25) is 0 Å². The van der Waals surface area contributed by atoms with Gasteiger partial charge < -0.3 is 4.74 Å². The van der Waals surface area contributed by atoms with Gasteiger partial charge in [-0.3, -0.25) is 9.88 Å². The quantitative estimate of drug-likeness (QED) is 0.339. The van der Waals surface area contributed by atoms with Crippen LogP contribution >= 0.6 is 0 Å². The van der Waals surface area contributed by atoms with E-state index in [1.54, 1.807) is 0 Å². The molecule has 1 aliphatic carbocycles. The van der Waals surface area contributed by atoms with Crippen molar-refractivity contribution in [2.24, 2.45) is 0 Å². The number of rotatable bonds is 3. The van der Waals surface area contributed by atoms with E-state index in [-0.39, 0.29) is 24.1 Å². The Hall–Kier alpha value is -3.92. The predicted octanol–water partition coefficient (Wildman–Crippen LogP) is 6.80. The molecule has 2 atom stereocenters. The number of amides is 1. The third-order valence-electron chi connectivity index (χ3n) is 7.93. The minimum Gasteiger partial charge on any atom is -0.448 e. The van der Waals surface area contributed by atoms with Crippen LogP contribution < -0.4 is 0 Å². The van der Waals surface area contributed by atoms with Crippen LogP contribution in [0.15, 0.2) is 91.1 Å². The Morgan fingerprint density at radius 3 is 2.37 bits per heavy atom. The summed E-state index contributed by atoms with van der Waals surface area (Å²) in [6.07, 6.45) is 6.79. The first kappa shape index (κ1) is 20.5. The number of aromatic nitrogens is 1. The summed E-state index contributed by atoms with van der Waals surface area (Å²) in [4.78, 5) is 19.9. The van der Waals surface area contributed by atoms with E-state index >= 15 is 0 Å². The molecule has 0 radical (unpaired) electrons. The van der Waals surface area contributed by atoms with Crippen LogP contribution in [0.4, 0.5) is 4.79 Å². The highest BCUT2D eigenvalue weighted by atomic mass is 16.6. The first-order valence-corrected chi connectivity index (χ1v) is 12.5. The largest absolute Gasteiger partial charge is 0.448 e. The lowest BCUT2D eigenvalue weighted by molar-refractivity contribution is 0.0867. The van der Waals surface area contributed by atoms with Gasteiger partial charge in [0, 0.05) is 23.5 Å². The number of fused-ring (bicyclic) bond motifs is 6. The van der Waals surface area contributed by atoms with Gasteiger partial charge in [-0.15, -0.1) is 0 Å². The third kappa shape index (κ3) is 3.28. The second-order valence-corrected chi connectivity index (χ2v) is 9.78. The molecule has 4 heteroatoms. The van der Waals surface area contributed by atoms with Gasteiger partial charge in [0.1, 0.15) is 6.61 Å². The van der Waals surface area contributed by atoms with Crippen molar-refractivity contribution in [3.05, 3.63) is 108 Å². The molecule has 35 heavy (non-hydrogen) atoms. The van der Waals surface area contributed by atoms with Crippen LogP contribution in [0, 0.1) is 0 Å². The van der Waals surface area contributed by atoms with E-state index in [0.29, 0.717) is 6.61 Å². The van der Waals surface area contributed by atoms with Gasteiger partial charge in [0.2, 0.25) is 0 Å². The Bertz CT molecular complexity index is 1440. The molecule has 1 aromatic heterocycles.